The second-order valence-corrected chi connectivity index (χ2v) is 5.60. The van der Waals surface area contributed by atoms with Crippen LogP contribution in [-0.4, -0.2) is 19.7 Å². The van der Waals surface area contributed by atoms with Crippen LogP contribution in [0.5, 0.6) is 5.75 Å². The molecule has 1 saturated carbocycles. The molecule has 1 aliphatic rings. The molecule has 0 heterocycles. The fourth-order valence-electron chi connectivity index (χ4n) is 2.75. The van der Waals surface area contributed by atoms with Crippen molar-refractivity contribution in [3.05, 3.63) is 29.8 Å². The van der Waals surface area contributed by atoms with Crippen LogP contribution < -0.4 is 10.1 Å². The van der Waals surface area contributed by atoms with E-state index in [-0.39, 0.29) is 0 Å². The summed E-state index contributed by atoms with van der Waals surface area (Å²) in [6.45, 7) is 3.33. The quantitative estimate of drug-likeness (QED) is 0.683. The number of methoxy groups -OCH3 is 1. The lowest BCUT2D eigenvalue weighted by molar-refractivity contribution is 0.414. The van der Waals surface area contributed by atoms with E-state index in [2.05, 4.69) is 36.5 Å². The van der Waals surface area contributed by atoms with Crippen molar-refractivity contribution in [2.75, 3.05) is 13.7 Å². The number of hydrogen-bond acceptors (Lipinski definition) is 2. The van der Waals surface area contributed by atoms with Crippen LogP contribution in [0.2, 0.25) is 0 Å². The lowest BCUT2D eigenvalue weighted by Crippen LogP contribution is -2.30. The molecule has 1 unspecified atom stereocenters. The van der Waals surface area contributed by atoms with E-state index in [1.54, 1.807) is 7.11 Å². The van der Waals surface area contributed by atoms with Crippen LogP contribution in [0.25, 0.3) is 0 Å². The van der Waals surface area contributed by atoms with Gasteiger partial charge in [0.2, 0.25) is 0 Å². The van der Waals surface area contributed by atoms with Gasteiger partial charge >= 0.3 is 0 Å². The smallest absolute Gasteiger partial charge is 0.118 e. The molecule has 1 aromatic rings. The molecule has 0 bridgehead atoms. The zero-order valence-corrected chi connectivity index (χ0v) is 12.3. The first-order valence-electron chi connectivity index (χ1n) is 7.69. The Hall–Kier alpha value is -1.02. The molecule has 0 amide bonds. The second kappa shape index (κ2) is 7.54. The average Bonchev–Trinajstić information content (AvgIpc) is 3.27. The molecule has 2 nitrogen and oxygen atoms in total. The van der Waals surface area contributed by atoms with Gasteiger partial charge in [-0.15, -0.1) is 0 Å². The minimum Gasteiger partial charge on any atom is -0.497 e. The van der Waals surface area contributed by atoms with Crippen molar-refractivity contribution in [3.63, 3.8) is 0 Å². The number of nitrogens with one attached hydrogen (secondary N) is 1. The lowest BCUT2D eigenvalue weighted by atomic mass is 10.0. The molecule has 1 N–H and O–H groups in total. The van der Waals surface area contributed by atoms with Gasteiger partial charge in [0.25, 0.3) is 0 Å². The summed E-state index contributed by atoms with van der Waals surface area (Å²) in [5.41, 5.74) is 1.42. The minimum absolute atomic E-state index is 0.779. The maximum atomic E-state index is 5.18. The van der Waals surface area contributed by atoms with Gasteiger partial charge < -0.3 is 10.1 Å². The molecule has 0 spiro atoms. The van der Waals surface area contributed by atoms with Crippen molar-refractivity contribution < 1.29 is 4.74 Å². The Labute approximate surface area is 117 Å². The fraction of sp³-hybridized carbons (Fsp3) is 0.647. The zero-order chi connectivity index (χ0) is 13.5. The molecule has 0 saturated heterocycles. The predicted molar refractivity (Wildman–Crippen MR) is 80.7 cm³/mol. The van der Waals surface area contributed by atoms with Gasteiger partial charge in [0.1, 0.15) is 5.75 Å². The summed E-state index contributed by atoms with van der Waals surface area (Å²) in [5, 5.41) is 3.64. The lowest BCUT2D eigenvalue weighted by Gasteiger charge is -2.16. The van der Waals surface area contributed by atoms with E-state index in [0.29, 0.717) is 0 Å². The summed E-state index contributed by atoms with van der Waals surface area (Å²) in [4.78, 5) is 0. The Balaban J connectivity index is 1.64. The molecule has 1 aromatic carbocycles. The number of aryl methyl sites for hydroxylation is 1. The van der Waals surface area contributed by atoms with Gasteiger partial charge in [-0.2, -0.15) is 0 Å². The van der Waals surface area contributed by atoms with Crippen LogP contribution in [0.15, 0.2) is 24.3 Å². The number of unbranched alkanes of at least 4 members (excludes halogenated alkanes) is 1. The highest BCUT2D eigenvalue weighted by molar-refractivity contribution is 5.27. The summed E-state index contributed by atoms with van der Waals surface area (Å²) >= 11 is 0. The van der Waals surface area contributed by atoms with Crippen molar-refractivity contribution in [3.8, 4) is 5.75 Å². The molecular formula is C17H27NO. The first-order valence-corrected chi connectivity index (χ1v) is 7.69. The van der Waals surface area contributed by atoms with Crippen molar-refractivity contribution in [1.29, 1.82) is 0 Å². The van der Waals surface area contributed by atoms with E-state index < -0.39 is 0 Å². The average molecular weight is 261 g/mol. The maximum absolute atomic E-state index is 5.18. The third-order valence-corrected chi connectivity index (χ3v) is 4.05. The molecule has 2 rings (SSSR count). The summed E-state index contributed by atoms with van der Waals surface area (Å²) in [5.74, 6) is 1.92. The van der Waals surface area contributed by atoms with Gasteiger partial charge in [0.15, 0.2) is 0 Å². The van der Waals surface area contributed by atoms with Crippen molar-refractivity contribution >= 4 is 0 Å². The molecular weight excluding hydrogens is 234 g/mol. The molecule has 1 fully saturated rings. The first kappa shape index (κ1) is 14.4. The number of hydrogen-bond donors (Lipinski definition) is 1. The van der Waals surface area contributed by atoms with E-state index in [9.17, 15) is 0 Å². The fourth-order valence-corrected chi connectivity index (χ4v) is 2.75. The van der Waals surface area contributed by atoms with Crippen molar-refractivity contribution in [2.24, 2.45) is 5.92 Å². The van der Waals surface area contributed by atoms with Crippen LogP contribution in [0, 0.1) is 5.92 Å². The molecule has 1 aliphatic carbocycles. The Morgan fingerprint density at radius 2 is 1.95 bits per heavy atom. The highest BCUT2D eigenvalue weighted by Crippen LogP contribution is 2.34. The Bertz CT molecular complexity index is 356. The molecule has 19 heavy (non-hydrogen) atoms. The van der Waals surface area contributed by atoms with Crippen LogP contribution in [0.1, 0.15) is 44.6 Å². The third-order valence-electron chi connectivity index (χ3n) is 4.05. The van der Waals surface area contributed by atoms with E-state index in [1.165, 1.54) is 44.1 Å². The van der Waals surface area contributed by atoms with E-state index in [0.717, 1.165) is 24.3 Å². The molecule has 1 atom stereocenters. The first-order chi connectivity index (χ1) is 9.33. The maximum Gasteiger partial charge on any atom is 0.118 e. The zero-order valence-electron chi connectivity index (χ0n) is 12.3. The van der Waals surface area contributed by atoms with E-state index in [1.807, 2.05) is 0 Å². The number of ether oxygens (including phenoxy) is 1. The standard InChI is InChI=1S/C17H27NO/c1-3-18-17(15-10-11-15)7-5-4-6-14-8-12-16(19-2)13-9-14/h8-9,12-13,15,17-18H,3-7,10-11H2,1-2H3. The van der Waals surface area contributed by atoms with Crippen LogP contribution >= 0.6 is 0 Å². The Morgan fingerprint density at radius 1 is 1.21 bits per heavy atom. The molecule has 0 aromatic heterocycles. The SMILES string of the molecule is CCNC(CCCCc1ccc(OC)cc1)C1CC1. The van der Waals surface area contributed by atoms with Gasteiger partial charge in [-0.1, -0.05) is 25.5 Å². The summed E-state index contributed by atoms with van der Waals surface area (Å²) in [6.07, 6.45) is 8.04. The van der Waals surface area contributed by atoms with Gasteiger partial charge in [-0.25, -0.2) is 0 Å². The summed E-state index contributed by atoms with van der Waals surface area (Å²) in [6, 6.07) is 9.26. The van der Waals surface area contributed by atoms with Gasteiger partial charge in [-0.3, -0.25) is 0 Å². The van der Waals surface area contributed by atoms with Gasteiger partial charge in [-0.05, 0) is 62.3 Å². The summed E-state index contributed by atoms with van der Waals surface area (Å²) in [7, 11) is 1.72. The Morgan fingerprint density at radius 3 is 2.53 bits per heavy atom. The van der Waals surface area contributed by atoms with E-state index >= 15 is 0 Å². The highest BCUT2D eigenvalue weighted by Gasteiger charge is 2.29. The van der Waals surface area contributed by atoms with Gasteiger partial charge in [0, 0.05) is 6.04 Å². The number of rotatable bonds is 9. The molecule has 0 aliphatic heterocycles. The van der Waals surface area contributed by atoms with E-state index in [4.69, 9.17) is 4.74 Å². The third kappa shape index (κ3) is 4.87. The van der Waals surface area contributed by atoms with Gasteiger partial charge in [0.05, 0.1) is 7.11 Å². The highest BCUT2D eigenvalue weighted by atomic mass is 16.5. The normalized spacial score (nSPS) is 16.3. The number of benzene rings is 1. The predicted octanol–water partition coefficient (Wildman–Crippen LogP) is 3.80. The topological polar surface area (TPSA) is 21.3 Å². The molecule has 0 radical (unpaired) electrons. The van der Waals surface area contributed by atoms with Crippen molar-refractivity contribution in [2.45, 2.75) is 51.5 Å². The second-order valence-electron chi connectivity index (χ2n) is 5.60. The van der Waals surface area contributed by atoms with Crippen LogP contribution in [0.4, 0.5) is 0 Å². The molecule has 2 heteroatoms. The van der Waals surface area contributed by atoms with Crippen LogP contribution in [-0.2, 0) is 6.42 Å². The summed E-state index contributed by atoms with van der Waals surface area (Å²) < 4.78 is 5.18. The minimum atomic E-state index is 0.779. The Kier molecular flexibility index (Phi) is 5.71. The largest absolute Gasteiger partial charge is 0.497 e. The molecule has 106 valence electrons. The van der Waals surface area contributed by atoms with Crippen molar-refractivity contribution in [1.82, 2.24) is 5.32 Å². The van der Waals surface area contributed by atoms with Crippen LogP contribution in [0.3, 0.4) is 0 Å². The monoisotopic (exact) mass is 261 g/mol.